The molecular formula is C15H22N4O2. The van der Waals surface area contributed by atoms with Crippen LogP contribution in [0.15, 0.2) is 24.5 Å². The first kappa shape index (κ1) is 15.5. The Morgan fingerprint density at radius 3 is 2.71 bits per heavy atom. The zero-order chi connectivity index (χ0) is 15.2. The van der Waals surface area contributed by atoms with Crippen LogP contribution in [0.1, 0.15) is 29.8 Å². The molecule has 0 aliphatic heterocycles. The smallest absolute Gasteiger partial charge is 0.216 e. The lowest BCUT2D eigenvalue weighted by Crippen LogP contribution is -2.21. The lowest BCUT2D eigenvalue weighted by atomic mass is 10.1. The Labute approximate surface area is 124 Å². The monoisotopic (exact) mass is 290 g/mol. The summed E-state index contributed by atoms with van der Waals surface area (Å²) < 4.78 is 7.14. The van der Waals surface area contributed by atoms with Gasteiger partial charge in [0.1, 0.15) is 0 Å². The number of rotatable bonds is 7. The van der Waals surface area contributed by atoms with Crippen LogP contribution in [-0.2, 0) is 20.0 Å². The number of aromatic nitrogens is 3. The fourth-order valence-electron chi connectivity index (χ4n) is 2.36. The Morgan fingerprint density at radius 2 is 2.10 bits per heavy atom. The molecule has 6 nitrogen and oxygen atoms in total. The number of aliphatic hydroxyl groups is 1. The summed E-state index contributed by atoms with van der Waals surface area (Å²) in [5.41, 5.74) is 2.91. The molecule has 0 aliphatic carbocycles. The summed E-state index contributed by atoms with van der Waals surface area (Å²) in [6, 6.07) is 3.63. The molecule has 2 aromatic rings. The average Bonchev–Trinajstić information content (AvgIpc) is 2.83. The molecule has 1 unspecified atom stereocenters. The Kier molecular flexibility index (Phi) is 5.30. The number of nitrogens with zero attached hydrogens (tertiary/aromatic N) is 3. The predicted octanol–water partition coefficient (Wildman–Crippen LogP) is 1.21. The zero-order valence-corrected chi connectivity index (χ0v) is 12.7. The highest BCUT2D eigenvalue weighted by Gasteiger charge is 2.15. The second-order valence-electron chi connectivity index (χ2n) is 4.84. The van der Waals surface area contributed by atoms with Gasteiger partial charge in [-0.2, -0.15) is 5.10 Å². The minimum Gasteiger partial charge on any atom is -0.481 e. The highest BCUT2D eigenvalue weighted by Crippen LogP contribution is 2.22. The summed E-state index contributed by atoms with van der Waals surface area (Å²) in [5.74, 6) is 0.762. The van der Waals surface area contributed by atoms with Gasteiger partial charge in [-0.3, -0.25) is 4.98 Å². The van der Waals surface area contributed by atoms with E-state index in [4.69, 9.17) is 4.74 Å². The molecule has 0 spiro atoms. The molecule has 2 rings (SSSR count). The second-order valence-corrected chi connectivity index (χ2v) is 4.84. The lowest BCUT2D eigenvalue weighted by molar-refractivity contribution is 0.174. The summed E-state index contributed by atoms with van der Waals surface area (Å²) in [7, 11) is 3.51. The van der Waals surface area contributed by atoms with Gasteiger partial charge in [-0.1, -0.05) is 6.92 Å². The van der Waals surface area contributed by atoms with E-state index in [0.717, 1.165) is 29.1 Å². The van der Waals surface area contributed by atoms with E-state index in [-0.39, 0.29) is 0 Å². The number of aryl methyl sites for hydroxylation is 2. The van der Waals surface area contributed by atoms with Gasteiger partial charge in [-0.15, -0.1) is 0 Å². The molecule has 0 saturated heterocycles. The molecule has 0 saturated carbocycles. The van der Waals surface area contributed by atoms with Gasteiger partial charge >= 0.3 is 0 Å². The first-order valence-corrected chi connectivity index (χ1v) is 7.04. The van der Waals surface area contributed by atoms with Crippen molar-refractivity contribution in [1.29, 1.82) is 0 Å². The summed E-state index contributed by atoms with van der Waals surface area (Å²) in [4.78, 5) is 3.94. The molecule has 114 valence electrons. The molecule has 21 heavy (non-hydrogen) atoms. The molecule has 0 aliphatic rings. The van der Waals surface area contributed by atoms with E-state index in [1.165, 1.54) is 0 Å². The summed E-state index contributed by atoms with van der Waals surface area (Å²) >= 11 is 0. The van der Waals surface area contributed by atoms with Gasteiger partial charge in [0.05, 0.1) is 24.5 Å². The number of hydrogen-bond acceptors (Lipinski definition) is 5. The largest absolute Gasteiger partial charge is 0.481 e. The molecular weight excluding hydrogens is 268 g/mol. The maximum Gasteiger partial charge on any atom is 0.216 e. The van der Waals surface area contributed by atoms with E-state index < -0.39 is 6.10 Å². The highest BCUT2D eigenvalue weighted by molar-refractivity contribution is 5.31. The van der Waals surface area contributed by atoms with Crippen LogP contribution in [-0.4, -0.2) is 33.5 Å². The Balaban J connectivity index is 1.97. The number of methoxy groups -OCH3 is 1. The topological polar surface area (TPSA) is 72.2 Å². The molecule has 0 bridgehead atoms. The predicted molar refractivity (Wildman–Crippen MR) is 80.0 cm³/mol. The maximum absolute atomic E-state index is 10.1. The molecule has 1 atom stereocenters. The van der Waals surface area contributed by atoms with Crippen molar-refractivity contribution in [3.63, 3.8) is 0 Å². The fraction of sp³-hybridized carbons (Fsp3) is 0.467. The third-order valence-corrected chi connectivity index (χ3v) is 3.43. The number of hydrogen-bond donors (Lipinski definition) is 2. The van der Waals surface area contributed by atoms with Crippen LogP contribution in [0.4, 0.5) is 0 Å². The molecule has 2 heterocycles. The van der Waals surface area contributed by atoms with Crippen molar-refractivity contribution < 1.29 is 9.84 Å². The van der Waals surface area contributed by atoms with Crippen LogP contribution in [0.5, 0.6) is 5.88 Å². The first-order chi connectivity index (χ1) is 10.2. The van der Waals surface area contributed by atoms with E-state index in [2.05, 4.69) is 22.3 Å². The van der Waals surface area contributed by atoms with Gasteiger partial charge in [0, 0.05) is 32.5 Å². The van der Waals surface area contributed by atoms with Crippen molar-refractivity contribution in [1.82, 2.24) is 20.1 Å². The maximum atomic E-state index is 10.1. The highest BCUT2D eigenvalue weighted by atomic mass is 16.5. The van der Waals surface area contributed by atoms with E-state index in [9.17, 15) is 5.11 Å². The molecule has 0 radical (unpaired) electrons. The van der Waals surface area contributed by atoms with Crippen molar-refractivity contribution in [3.8, 4) is 5.88 Å². The van der Waals surface area contributed by atoms with Gasteiger partial charge in [0.2, 0.25) is 5.88 Å². The summed E-state index contributed by atoms with van der Waals surface area (Å²) in [5, 5.41) is 17.8. The second kappa shape index (κ2) is 7.19. The van der Waals surface area contributed by atoms with Crippen molar-refractivity contribution in [3.05, 3.63) is 41.3 Å². The number of ether oxygens (including phenoxy) is 1. The van der Waals surface area contributed by atoms with E-state index in [0.29, 0.717) is 13.1 Å². The minimum atomic E-state index is -0.555. The molecule has 6 heteroatoms. The van der Waals surface area contributed by atoms with Crippen LogP contribution in [0.25, 0.3) is 0 Å². The van der Waals surface area contributed by atoms with Crippen molar-refractivity contribution in [2.45, 2.75) is 26.0 Å². The lowest BCUT2D eigenvalue weighted by Gasteiger charge is -2.12. The van der Waals surface area contributed by atoms with Gasteiger partial charge in [-0.25, -0.2) is 4.68 Å². The number of pyridine rings is 1. The molecule has 2 N–H and O–H groups in total. The molecule has 0 aromatic carbocycles. The zero-order valence-electron chi connectivity index (χ0n) is 12.7. The van der Waals surface area contributed by atoms with Crippen molar-refractivity contribution in [2.75, 3.05) is 13.7 Å². The Bertz CT molecular complexity index is 569. The quantitative estimate of drug-likeness (QED) is 0.802. The van der Waals surface area contributed by atoms with Crippen LogP contribution >= 0.6 is 0 Å². The van der Waals surface area contributed by atoms with Gasteiger partial charge in [0.15, 0.2) is 0 Å². The van der Waals surface area contributed by atoms with Gasteiger partial charge in [-0.05, 0) is 24.1 Å². The van der Waals surface area contributed by atoms with Crippen LogP contribution in [0.3, 0.4) is 0 Å². The standard InChI is InChI=1S/C15H22N4O2/c1-4-13-12(15(21-3)19(2)18-13)9-17-10-14(20)11-5-7-16-8-6-11/h5-8,14,17,20H,4,9-10H2,1-3H3. The third kappa shape index (κ3) is 3.59. The Morgan fingerprint density at radius 1 is 1.38 bits per heavy atom. The molecule has 2 aromatic heterocycles. The fourth-order valence-corrected chi connectivity index (χ4v) is 2.36. The number of nitrogens with one attached hydrogen (secondary N) is 1. The van der Waals surface area contributed by atoms with Gasteiger partial charge in [0.25, 0.3) is 0 Å². The minimum absolute atomic E-state index is 0.464. The van der Waals surface area contributed by atoms with E-state index in [1.807, 2.05) is 19.2 Å². The SMILES string of the molecule is CCc1nn(C)c(OC)c1CNCC(O)c1ccncc1. The van der Waals surface area contributed by atoms with Crippen LogP contribution in [0, 0.1) is 0 Å². The molecule has 0 amide bonds. The third-order valence-electron chi connectivity index (χ3n) is 3.43. The van der Waals surface area contributed by atoms with Crippen LogP contribution in [0.2, 0.25) is 0 Å². The first-order valence-electron chi connectivity index (χ1n) is 7.04. The van der Waals surface area contributed by atoms with E-state index in [1.54, 1.807) is 24.2 Å². The normalized spacial score (nSPS) is 12.4. The average molecular weight is 290 g/mol. The van der Waals surface area contributed by atoms with Gasteiger partial charge < -0.3 is 15.2 Å². The summed E-state index contributed by atoms with van der Waals surface area (Å²) in [6.45, 7) is 3.14. The van der Waals surface area contributed by atoms with Crippen molar-refractivity contribution in [2.24, 2.45) is 7.05 Å². The van der Waals surface area contributed by atoms with Crippen LogP contribution < -0.4 is 10.1 Å². The summed E-state index contributed by atoms with van der Waals surface area (Å²) in [6.07, 6.45) is 3.65. The number of aliphatic hydroxyl groups excluding tert-OH is 1. The Hall–Kier alpha value is -1.92. The van der Waals surface area contributed by atoms with E-state index >= 15 is 0 Å². The molecule has 0 fully saturated rings. The van der Waals surface area contributed by atoms with Crippen molar-refractivity contribution >= 4 is 0 Å².